The number of nitrogens with one attached hydrogen (secondary N) is 2. The fraction of sp³-hybridized carbons (Fsp3) is 0.0952. The van der Waals surface area contributed by atoms with Crippen LogP contribution in [0.4, 0.5) is 5.69 Å². The van der Waals surface area contributed by atoms with Crippen LogP contribution in [0.5, 0.6) is 0 Å². The van der Waals surface area contributed by atoms with Gasteiger partial charge in [0, 0.05) is 11.3 Å². The fourth-order valence-electron chi connectivity index (χ4n) is 2.73. The quantitative estimate of drug-likeness (QED) is 0.425. The number of thioether (sulfide) groups is 1. The summed E-state index contributed by atoms with van der Waals surface area (Å²) in [6.45, 7) is 1.85. The molecule has 0 spiro atoms. The molecule has 0 fully saturated rings. The number of thiophene rings is 1. The average molecular weight is 407 g/mol. The van der Waals surface area contributed by atoms with Crippen LogP contribution in [0.3, 0.4) is 0 Å². The van der Waals surface area contributed by atoms with Gasteiger partial charge in [-0.3, -0.25) is 9.89 Å². The van der Waals surface area contributed by atoms with Crippen LogP contribution in [0.25, 0.3) is 21.8 Å². The second-order valence-electron chi connectivity index (χ2n) is 6.10. The number of rotatable bonds is 6. The Labute approximate surface area is 171 Å². The Morgan fingerprint density at radius 2 is 1.86 bits per heavy atom. The molecule has 4 aromatic rings. The molecule has 0 saturated carbocycles. The zero-order chi connectivity index (χ0) is 19.3. The molecule has 2 aromatic carbocycles. The van der Waals surface area contributed by atoms with Crippen LogP contribution >= 0.6 is 23.1 Å². The summed E-state index contributed by atoms with van der Waals surface area (Å²) in [4.78, 5) is 18.2. The molecule has 0 aliphatic heterocycles. The first-order valence-corrected chi connectivity index (χ1v) is 10.5. The van der Waals surface area contributed by atoms with E-state index in [0.29, 0.717) is 5.16 Å². The van der Waals surface area contributed by atoms with Crippen LogP contribution in [0.2, 0.25) is 0 Å². The summed E-state index contributed by atoms with van der Waals surface area (Å²) < 4.78 is 0. The lowest BCUT2D eigenvalue weighted by molar-refractivity contribution is -0.115. The van der Waals surface area contributed by atoms with Gasteiger partial charge >= 0.3 is 0 Å². The van der Waals surface area contributed by atoms with Crippen molar-refractivity contribution in [3.8, 4) is 21.8 Å². The summed E-state index contributed by atoms with van der Waals surface area (Å²) in [5.41, 5.74) is 2.85. The Kier molecular flexibility index (Phi) is 5.55. The minimum absolute atomic E-state index is 0.0872. The lowest BCUT2D eigenvalue weighted by Crippen LogP contribution is -2.22. The molecule has 7 heteroatoms. The second-order valence-corrected chi connectivity index (χ2v) is 8.36. The summed E-state index contributed by atoms with van der Waals surface area (Å²) in [6, 6.07) is 21.8. The van der Waals surface area contributed by atoms with Gasteiger partial charge in [0.2, 0.25) is 11.1 Å². The number of carbonyl (C=O) groups excluding carboxylic acids is 1. The molecule has 2 N–H and O–H groups in total. The lowest BCUT2D eigenvalue weighted by Gasteiger charge is -2.14. The summed E-state index contributed by atoms with van der Waals surface area (Å²) in [6.07, 6.45) is 0. The molecule has 0 aliphatic rings. The van der Waals surface area contributed by atoms with E-state index in [-0.39, 0.29) is 11.2 Å². The van der Waals surface area contributed by atoms with E-state index in [0.717, 1.165) is 27.5 Å². The number of hydrogen-bond acceptors (Lipinski definition) is 5. The van der Waals surface area contributed by atoms with Crippen molar-refractivity contribution in [2.45, 2.75) is 17.3 Å². The summed E-state index contributed by atoms with van der Waals surface area (Å²) in [5.74, 6) is 0.635. The molecule has 4 rings (SSSR count). The number of para-hydroxylation sites is 1. The van der Waals surface area contributed by atoms with Crippen molar-refractivity contribution in [1.82, 2.24) is 15.2 Å². The van der Waals surface area contributed by atoms with Crippen LogP contribution in [-0.4, -0.2) is 26.3 Å². The summed E-state index contributed by atoms with van der Waals surface area (Å²) >= 11 is 2.92. The molecule has 1 atom stereocenters. The topological polar surface area (TPSA) is 70.7 Å². The van der Waals surface area contributed by atoms with Gasteiger partial charge in [-0.2, -0.15) is 0 Å². The minimum atomic E-state index is -0.337. The highest BCUT2D eigenvalue weighted by atomic mass is 32.2. The predicted molar refractivity (Wildman–Crippen MR) is 116 cm³/mol. The fourth-order valence-corrected chi connectivity index (χ4v) is 4.12. The average Bonchev–Trinajstić information content (AvgIpc) is 3.41. The van der Waals surface area contributed by atoms with E-state index in [4.69, 9.17) is 0 Å². The Bertz CT molecular complexity index is 1060. The molecule has 0 bridgehead atoms. The van der Waals surface area contributed by atoms with Crippen molar-refractivity contribution in [3.63, 3.8) is 0 Å². The molecule has 2 heterocycles. The number of aromatic amines is 1. The molecule has 28 heavy (non-hydrogen) atoms. The van der Waals surface area contributed by atoms with Gasteiger partial charge in [0.05, 0.1) is 10.1 Å². The highest BCUT2D eigenvalue weighted by Gasteiger charge is 2.19. The van der Waals surface area contributed by atoms with E-state index in [9.17, 15) is 4.79 Å². The maximum atomic E-state index is 12.7. The standard InChI is InChI=1S/C21H18N4OS2/c1-14(28-21-23-19(24-25-21)18-12-7-13-27-18)20(26)22-17-11-6-5-10-16(17)15-8-3-2-4-9-15/h2-14H,1H3,(H,22,26)(H,23,24,25)/t14-/m1/s1. The van der Waals surface area contributed by atoms with Crippen molar-refractivity contribution < 1.29 is 4.79 Å². The number of amides is 1. The Hall–Kier alpha value is -2.90. The Morgan fingerprint density at radius 3 is 2.64 bits per heavy atom. The van der Waals surface area contributed by atoms with E-state index < -0.39 is 0 Å². The molecule has 0 saturated heterocycles. The summed E-state index contributed by atoms with van der Waals surface area (Å²) in [5, 5.41) is 12.4. The highest BCUT2D eigenvalue weighted by molar-refractivity contribution is 8.00. The maximum absolute atomic E-state index is 12.7. The van der Waals surface area contributed by atoms with E-state index in [2.05, 4.69) is 20.5 Å². The van der Waals surface area contributed by atoms with Gasteiger partial charge < -0.3 is 5.32 Å². The van der Waals surface area contributed by atoms with Crippen LogP contribution < -0.4 is 5.32 Å². The third-order valence-electron chi connectivity index (χ3n) is 4.14. The van der Waals surface area contributed by atoms with Gasteiger partial charge in [-0.1, -0.05) is 66.4 Å². The number of aromatic nitrogens is 3. The molecular formula is C21H18N4OS2. The van der Waals surface area contributed by atoms with Gasteiger partial charge in [0.25, 0.3) is 0 Å². The van der Waals surface area contributed by atoms with Gasteiger partial charge in [0.15, 0.2) is 5.82 Å². The summed E-state index contributed by atoms with van der Waals surface area (Å²) in [7, 11) is 0. The zero-order valence-corrected chi connectivity index (χ0v) is 16.8. The molecule has 2 aromatic heterocycles. The van der Waals surface area contributed by atoms with Gasteiger partial charge in [-0.05, 0) is 30.0 Å². The number of carbonyl (C=O) groups is 1. The van der Waals surface area contributed by atoms with Crippen LogP contribution in [0.1, 0.15) is 6.92 Å². The van der Waals surface area contributed by atoms with Crippen LogP contribution in [0, 0.1) is 0 Å². The number of anilines is 1. The molecule has 0 radical (unpaired) electrons. The minimum Gasteiger partial charge on any atom is -0.325 e. The monoisotopic (exact) mass is 406 g/mol. The number of nitrogens with zero attached hydrogens (tertiary/aromatic N) is 2. The molecule has 0 aliphatic carbocycles. The normalized spacial score (nSPS) is 11.9. The SMILES string of the molecule is C[C@@H](Sc1n[nH]c(-c2cccs2)n1)C(=O)Nc1ccccc1-c1ccccc1. The Morgan fingerprint density at radius 1 is 1.07 bits per heavy atom. The van der Waals surface area contributed by atoms with Crippen LogP contribution in [-0.2, 0) is 4.79 Å². The van der Waals surface area contributed by atoms with Gasteiger partial charge in [-0.15, -0.1) is 16.4 Å². The molecule has 5 nitrogen and oxygen atoms in total. The number of hydrogen-bond donors (Lipinski definition) is 2. The molecule has 1 amide bonds. The van der Waals surface area contributed by atoms with Crippen molar-refractivity contribution in [3.05, 3.63) is 72.1 Å². The van der Waals surface area contributed by atoms with Crippen molar-refractivity contribution in [2.75, 3.05) is 5.32 Å². The third-order valence-corrected chi connectivity index (χ3v) is 5.98. The first-order chi connectivity index (χ1) is 13.7. The largest absolute Gasteiger partial charge is 0.325 e. The van der Waals surface area contributed by atoms with E-state index >= 15 is 0 Å². The van der Waals surface area contributed by atoms with Crippen molar-refractivity contribution in [1.29, 1.82) is 0 Å². The van der Waals surface area contributed by atoms with Gasteiger partial charge in [0.1, 0.15) is 0 Å². The Balaban J connectivity index is 1.46. The molecule has 0 unspecified atom stereocenters. The third kappa shape index (κ3) is 4.16. The molecular weight excluding hydrogens is 388 g/mol. The first kappa shape index (κ1) is 18.5. The maximum Gasteiger partial charge on any atom is 0.237 e. The predicted octanol–water partition coefficient (Wildman–Crippen LogP) is 5.32. The number of benzene rings is 2. The molecule has 140 valence electrons. The second kappa shape index (κ2) is 8.41. The van der Waals surface area contributed by atoms with Crippen LogP contribution in [0.15, 0.2) is 77.3 Å². The first-order valence-electron chi connectivity index (χ1n) is 8.79. The van der Waals surface area contributed by atoms with Crippen molar-refractivity contribution >= 4 is 34.7 Å². The lowest BCUT2D eigenvalue weighted by atomic mass is 10.0. The van der Waals surface area contributed by atoms with E-state index in [1.165, 1.54) is 11.8 Å². The smallest absolute Gasteiger partial charge is 0.237 e. The highest BCUT2D eigenvalue weighted by Crippen LogP contribution is 2.29. The van der Waals surface area contributed by atoms with E-state index in [1.54, 1.807) is 11.3 Å². The number of H-pyrrole nitrogens is 1. The van der Waals surface area contributed by atoms with E-state index in [1.807, 2.05) is 79.0 Å². The van der Waals surface area contributed by atoms with Gasteiger partial charge in [-0.25, -0.2) is 4.98 Å². The van der Waals surface area contributed by atoms with Crippen molar-refractivity contribution in [2.24, 2.45) is 0 Å². The zero-order valence-electron chi connectivity index (χ0n) is 15.1.